The summed E-state index contributed by atoms with van der Waals surface area (Å²) in [4.78, 5) is 1.39. The van der Waals surface area contributed by atoms with E-state index in [1.54, 1.807) is 0 Å². The standard InChI is InChI=1S/C16H27NS.C2H6/c1-9(2)12-8-13(10(3)4)16(18-7)14(11(5)6)15(12)17;1-2/h8-11H,17H2,1-7H3;1-2H3. The normalized spacial score (nSPS) is 11.0. The van der Waals surface area contributed by atoms with E-state index in [4.69, 9.17) is 5.73 Å². The second-order valence-electron chi connectivity index (χ2n) is 5.88. The monoisotopic (exact) mass is 295 g/mol. The van der Waals surface area contributed by atoms with Crippen LogP contribution in [0.2, 0.25) is 0 Å². The van der Waals surface area contributed by atoms with E-state index >= 15 is 0 Å². The van der Waals surface area contributed by atoms with Crippen molar-refractivity contribution in [3.05, 3.63) is 22.8 Å². The molecule has 1 aromatic rings. The molecule has 0 atom stereocenters. The zero-order chi connectivity index (χ0) is 16.0. The molecule has 1 nitrogen and oxygen atoms in total. The zero-order valence-corrected chi connectivity index (χ0v) is 15.6. The highest BCUT2D eigenvalue weighted by molar-refractivity contribution is 7.98. The van der Waals surface area contributed by atoms with E-state index in [-0.39, 0.29) is 0 Å². The first kappa shape index (κ1) is 19.4. The van der Waals surface area contributed by atoms with Crippen molar-refractivity contribution in [2.45, 2.75) is 78.0 Å². The van der Waals surface area contributed by atoms with E-state index in [2.05, 4.69) is 53.9 Å². The Morgan fingerprint density at radius 3 is 1.60 bits per heavy atom. The van der Waals surface area contributed by atoms with E-state index in [0.717, 1.165) is 5.69 Å². The van der Waals surface area contributed by atoms with Crippen LogP contribution in [-0.2, 0) is 0 Å². The fourth-order valence-electron chi connectivity index (χ4n) is 2.45. The highest BCUT2D eigenvalue weighted by atomic mass is 32.2. The second kappa shape index (κ2) is 8.61. The number of nitrogen functional groups attached to an aromatic ring is 1. The molecular formula is C18H33NS. The van der Waals surface area contributed by atoms with Crippen LogP contribution in [0.3, 0.4) is 0 Å². The van der Waals surface area contributed by atoms with Crippen molar-refractivity contribution >= 4 is 17.4 Å². The predicted octanol–water partition coefficient (Wildman–Crippen LogP) is 6.39. The van der Waals surface area contributed by atoms with Gasteiger partial charge in [-0.15, -0.1) is 11.8 Å². The summed E-state index contributed by atoms with van der Waals surface area (Å²) in [7, 11) is 0. The first-order valence-corrected chi connectivity index (χ1v) is 9.03. The molecule has 0 bridgehead atoms. The molecule has 0 saturated carbocycles. The Labute approximate surface area is 130 Å². The summed E-state index contributed by atoms with van der Waals surface area (Å²) in [5.41, 5.74) is 11.5. The van der Waals surface area contributed by atoms with Gasteiger partial charge in [0.1, 0.15) is 0 Å². The lowest BCUT2D eigenvalue weighted by molar-refractivity contribution is 0.777. The average molecular weight is 296 g/mol. The maximum absolute atomic E-state index is 6.42. The van der Waals surface area contributed by atoms with Crippen molar-refractivity contribution in [2.24, 2.45) is 0 Å². The first-order valence-electron chi connectivity index (χ1n) is 7.81. The molecular weight excluding hydrogens is 262 g/mol. The minimum Gasteiger partial charge on any atom is -0.398 e. The van der Waals surface area contributed by atoms with Gasteiger partial charge in [0.05, 0.1) is 0 Å². The Hall–Kier alpha value is -0.630. The molecule has 0 fully saturated rings. The molecule has 2 N–H and O–H groups in total. The lowest BCUT2D eigenvalue weighted by Crippen LogP contribution is -2.08. The molecule has 2 heteroatoms. The maximum atomic E-state index is 6.42. The van der Waals surface area contributed by atoms with Crippen LogP contribution in [0.5, 0.6) is 0 Å². The molecule has 0 amide bonds. The van der Waals surface area contributed by atoms with E-state index in [0.29, 0.717) is 17.8 Å². The third-order valence-electron chi connectivity index (χ3n) is 3.44. The third kappa shape index (κ3) is 4.18. The topological polar surface area (TPSA) is 26.0 Å². The summed E-state index contributed by atoms with van der Waals surface area (Å²) < 4.78 is 0. The SMILES string of the molecule is CC.CSc1c(C(C)C)cc(C(C)C)c(N)c1C(C)C. The molecule has 0 aliphatic carbocycles. The highest BCUT2D eigenvalue weighted by Crippen LogP contribution is 2.41. The maximum Gasteiger partial charge on any atom is 0.0395 e. The molecule has 0 spiro atoms. The van der Waals surface area contributed by atoms with Gasteiger partial charge in [-0.25, -0.2) is 0 Å². The number of hydrogen-bond donors (Lipinski definition) is 1. The largest absolute Gasteiger partial charge is 0.398 e. The average Bonchev–Trinajstić information content (AvgIpc) is 2.38. The van der Waals surface area contributed by atoms with Gasteiger partial charge < -0.3 is 5.73 Å². The third-order valence-corrected chi connectivity index (χ3v) is 4.31. The Morgan fingerprint density at radius 1 is 0.850 bits per heavy atom. The van der Waals surface area contributed by atoms with Crippen molar-refractivity contribution in [1.82, 2.24) is 0 Å². The van der Waals surface area contributed by atoms with Gasteiger partial charge in [0, 0.05) is 10.6 Å². The van der Waals surface area contributed by atoms with E-state index in [1.165, 1.54) is 21.6 Å². The van der Waals surface area contributed by atoms with Gasteiger partial charge >= 0.3 is 0 Å². The second-order valence-corrected chi connectivity index (χ2v) is 6.70. The van der Waals surface area contributed by atoms with Gasteiger partial charge in [0.15, 0.2) is 0 Å². The number of hydrogen-bond acceptors (Lipinski definition) is 2. The van der Waals surface area contributed by atoms with Crippen LogP contribution in [0.25, 0.3) is 0 Å². The van der Waals surface area contributed by atoms with Crippen LogP contribution in [0.4, 0.5) is 5.69 Å². The molecule has 1 aromatic carbocycles. The Bertz CT molecular complexity index is 420. The Morgan fingerprint density at radius 2 is 1.30 bits per heavy atom. The molecule has 0 saturated heterocycles. The van der Waals surface area contributed by atoms with Gasteiger partial charge in [0.25, 0.3) is 0 Å². The van der Waals surface area contributed by atoms with Gasteiger partial charge in [-0.1, -0.05) is 61.5 Å². The smallest absolute Gasteiger partial charge is 0.0395 e. The van der Waals surface area contributed by atoms with Crippen LogP contribution >= 0.6 is 11.8 Å². The van der Waals surface area contributed by atoms with Gasteiger partial charge in [-0.3, -0.25) is 0 Å². The van der Waals surface area contributed by atoms with Crippen molar-refractivity contribution in [3.63, 3.8) is 0 Å². The van der Waals surface area contributed by atoms with Crippen molar-refractivity contribution in [3.8, 4) is 0 Å². The summed E-state index contributed by atoms with van der Waals surface area (Å²) in [5, 5.41) is 0. The van der Waals surface area contributed by atoms with E-state index in [1.807, 2.05) is 25.6 Å². The molecule has 20 heavy (non-hydrogen) atoms. The molecule has 0 unspecified atom stereocenters. The predicted molar refractivity (Wildman–Crippen MR) is 96.3 cm³/mol. The van der Waals surface area contributed by atoms with Crippen LogP contribution < -0.4 is 5.73 Å². The summed E-state index contributed by atoms with van der Waals surface area (Å²) in [6.07, 6.45) is 2.15. The van der Waals surface area contributed by atoms with Gasteiger partial charge in [-0.2, -0.15) is 0 Å². The molecule has 0 radical (unpaired) electrons. The minimum absolute atomic E-state index is 0.476. The Kier molecular flexibility index (Phi) is 8.34. The lowest BCUT2D eigenvalue weighted by Gasteiger charge is -2.24. The van der Waals surface area contributed by atoms with E-state index in [9.17, 15) is 0 Å². The van der Waals surface area contributed by atoms with Crippen LogP contribution in [0.1, 0.15) is 89.8 Å². The van der Waals surface area contributed by atoms with Crippen molar-refractivity contribution < 1.29 is 0 Å². The molecule has 0 heterocycles. The minimum atomic E-state index is 0.476. The number of anilines is 1. The molecule has 116 valence electrons. The zero-order valence-electron chi connectivity index (χ0n) is 14.8. The number of nitrogens with two attached hydrogens (primary N) is 1. The summed E-state index contributed by atoms with van der Waals surface area (Å²) in [6, 6.07) is 2.32. The highest BCUT2D eigenvalue weighted by Gasteiger charge is 2.20. The van der Waals surface area contributed by atoms with E-state index < -0.39 is 0 Å². The van der Waals surface area contributed by atoms with Crippen molar-refractivity contribution in [1.29, 1.82) is 0 Å². The lowest BCUT2D eigenvalue weighted by atomic mass is 9.87. The number of benzene rings is 1. The molecule has 0 aliphatic heterocycles. The summed E-state index contributed by atoms with van der Waals surface area (Å²) in [6.45, 7) is 17.4. The molecule has 0 aromatic heterocycles. The van der Waals surface area contributed by atoms with Gasteiger partial charge in [0.2, 0.25) is 0 Å². The fourth-order valence-corrected chi connectivity index (χ4v) is 3.55. The Balaban J connectivity index is 0.00000172. The number of rotatable bonds is 4. The number of thioether (sulfide) groups is 1. The molecule has 1 rings (SSSR count). The van der Waals surface area contributed by atoms with Gasteiger partial charge in [-0.05, 0) is 40.7 Å². The summed E-state index contributed by atoms with van der Waals surface area (Å²) >= 11 is 1.83. The fraction of sp³-hybridized carbons (Fsp3) is 0.667. The quantitative estimate of drug-likeness (QED) is 0.514. The van der Waals surface area contributed by atoms with Crippen molar-refractivity contribution in [2.75, 3.05) is 12.0 Å². The molecule has 0 aliphatic rings. The summed E-state index contributed by atoms with van der Waals surface area (Å²) in [5.74, 6) is 1.50. The van der Waals surface area contributed by atoms with Crippen LogP contribution in [-0.4, -0.2) is 6.26 Å². The van der Waals surface area contributed by atoms with Crippen LogP contribution in [0, 0.1) is 0 Å². The van der Waals surface area contributed by atoms with Crippen LogP contribution in [0.15, 0.2) is 11.0 Å². The first-order chi connectivity index (χ1) is 9.31.